The Morgan fingerprint density at radius 3 is 2.56 bits per heavy atom. The lowest BCUT2D eigenvalue weighted by Gasteiger charge is -2.06. The highest BCUT2D eigenvalue weighted by Gasteiger charge is 2.15. The summed E-state index contributed by atoms with van der Waals surface area (Å²) in [5, 5.41) is 0. The van der Waals surface area contributed by atoms with E-state index in [1.54, 1.807) is 0 Å². The second-order valence-corrected chi connectivity index (χ2v) is 4.73. The molecule has 0 spiro atoms. The summed E-state index contributed by atoms with van der Waals surface area (Å²) in [6, 6.07) is 2.39. The van der Waals surface area contributed by atoms with E-state index in [9.17, 15) is 17.2 Å². The molecule has 0 radical (unpaired) electrons. The van der Waals surface area contributed by atoms with Crippen LogP contribution in [0.2, 0.25) is 0 Å². The van der Waals surface area contributed by atoms with Gasteiger partial charge in [-0.05, 0) is 18.2 Å². The molecule has 90 valence electrons. The number of sulfonamides is 1. The highest BCUT2D eigenvalue weighted by atomic mass is 32.2. The van der Waals surface area contributed by atoms with Crippen LogP contribution < -0.4 is 4.72 Å². The Balaban J connectivity index is 2.86. The lowest BCUT2D eigenvalue weighted by molar-refractivity contribution is 0.204. The van der Waals surface area contributed by atoms with E-state index in [-0.39, 0.29) is 18.0 Å². The molecule has 0 fully saturated rings. The number of ether oxygens (including phenoxy) is 1. The zero-order valence-corrected chi connectivity index (χ0v) is 9.35. The molecule has 1 rings (SSSR count). The molecule has 0 bridgehead atoms. The summed E-state index contributed by atoms with van der Waals surface area (Å²) in [6.07, 6.45) is 0. The summed E-state index contributed by atoms with van der Waals surface area (Å²) in [5.41, 5.74) is 0. The van der Waals surface area contributed by atoms with Gasteiger partial charge >= 0.3 is 0 Å². The van der Waals surface area contributed by atoms with Crippen molar-refractivity contribution >= 4 is 10.0 Å². The van der Waals surface area contributed by atoms with Crippen LogP contribution in [0.5, 0.6) is 0 Å². The standard InChI is InChI=1S/C9H11F2NO3S/c1-15-5-4-12-16(13,14)7-2-3-8(10)9(11)6-7/h2-3,6,12H,4-5H2,1H3. The van der Waals surface area contributed by atoms with E-state index in [0.29, 0.717) is 6.07 Å². The maximum Gasteiger partial charge on any atom is 0.240 e. The van der Waals surface area contributed by atoms with Gasteiger partial charge in [0.15, 0.2) is 11.6 Å². The molecule has 0 heterocycles. The molecule has 4 nitrogen and oxygen atoms in total. The van der Waals surface area contributed by atoms with Crippen LogP contribution in [0.3, 0.4) is 0 Å². The van der Waals surface area contributed by atoms with Gasteiger partial charge in [0.1, 0.15) is 0 Å². The molecule has 0 aromatic heterocycles. The largest absolute Gasteiger partial charge is 0.383 e. The first-order valence-corrected chi connectivity index (χ1v) is 5.89. The second-order valence-electron chi connectivity index (χ2n) is 2.97. The third-order valence-electron chi connectivity index (χ3n) is 1.80. The fourth-order valence-electron chi connectivity index (χ4n) is 1.01. The van der Waals surface area contributed by atoms with Crippen molar-refractivity contribution in [2.45, 2.75) is 4.90 Å². The number of benzene rings is 1. The molecule has 1 N–H and O–H groups in total. The Labute approximate surface area is 92.3 Å². The van der Waals surface area contributed by atoms with Gasteiger partial charge in [0.05, 0.1) is 11.5 Å². The van der Waals surface area contributed by atoms with E-state index >= 15 is 0 Å². The number of hydrogen-bond donors (Lipinski definition) is 1. The van der Waals surface area contributed by atoms with Gasteiger partial charge in [0.2, 0.25) is 10.0 Å². The molecule has 0 unspecified atom stereocenters. The quantitative estimate of drug-likeness (QED) is 0.791. The molecular weight excluding hydrogens is 240 g/mol. The van der Waals surface area contributed by atoms with Gasteiger partial charge in [-0.3, -0.25) is 0 Å². The van der Waals surface area contributed by atoms with Crippen molar-refractivity contribution in [3.63, 3.8) is 0 Å². The smallest absolute Gasteiger partial charge is 0.240 e. The molecule has 7 heteroatoms. The zero-order valence-electron chi connectivity index (χ0n) is 8.54. The van der Waals surface area contributed by atoms with Crippen molar-refractivity contribution in [2.24, 2.45) is 0 Å². The molecule has 0 amide bonds. The summed E-state index contributed by atoms with van der Waals surface area (Å²) in [6.45, 7) is 0.265. The Hall–Kier alpha value is -1.05. The first kappa shape index (κ1) is 13.0. The van der Waals surface area contributed by atoms with E-state index in [1.807, 2.05) is 0 Å². The maximum absolute atomic E-state index is 12.8. The van der Waals surface area contributed by atoms with Crippen LogP contribution in [-0.2, 0) is 14.8 Å². The monoisotopic (exact) mass is 251 g/mol. The van der Waals surface area contributed by atoms with Gasteiger partial charge in [-0.1, -0.05) is 0 Å². The first-order valence-electron chi connectivity index (χ1n) is 4.41. The summed E-state index contributed by atoms with van der Waals surface area (Å²) in [7, 11) is -2.39. The number of halogens is 2. The van der Waals surface area contributed by atoms with E-state index in [0.717, 1.165) is 12.1 Å². The molecule has 0 aliphatic rings. The van der Waals surface area contributed by atoms with Crippen LogP contribution in [0, 0.1) is 11.6 Å². The minimum Gasteiger partial charge on any atom is -0.383 e. The van der Waals surface area contributed by atoms with Crippen molar-refractivity contribution in [1.29, 1.82) is 0 Å². The summed E-state index contributed by atoms with van der Waals surface area (Å²) in [5.74, 6) is -2.29. The van der Waals surface area contributed by atoms with Crippen LogP contribution in [0.15, 0.2) is 23.1 Å². The molecular formula is C9H11F2NO3S. The lowest BCUT2D eigenvalue weighted by Crippen LogP contribution is -2.27. The van der Waals surface area contributed by atoms with E-state index in [2.05, 4.69) is 9.46 Å². The predicted molar refractivity (Wildman–Crippen MR) is 53.4 cm³/mol. The van der Waals surface area contributed by atoms with Gasteiger partial charge < -0.3 is 4.74 Å². The van der Waals surface area contributed by atoms with Gasteiger partial charge in [0, 0.05) is 13.7 Å². The fraction of sp³-hybridized carbons (Fsp3) is 0.333. The SMILES string of the molecule is COCCNS(=O)(=O)c1ccc(F)c(F)c1. The average molecular weight is 251 g/mol. The van der Waals surface area contributed by atoms with Crippen molar-refractivity contribution in [1.82, 2.24) is 4.72 Å². The molecule has 1 aromatic carbocycles. The van der Waals surface area contributed by atoms with Gasteiger partial charge in [-0.2, -0.15) is 0 Å². The highest BCUT2D eigenvalue weighted by molar-refractivity contribution is 7.89. The molecule has 0 atom stereocenters. The fourth-order valence-corrected chi connectivity index (χ4v) is 2.03. The summed E-state index contributed by atoms with van der Waals surface area (Å²) in [4.78, 5) is -0.317. The van der Waals surface area contributed by atoms with Crippen LogP contribution in [-0.4, -0.2) is 28.7 Å². The molecule has 0 aliphatic carbocycles. The highest BCUT2D eigenvalue weighted by Crippen LogP contribution is 2.13. The zero-order chi connectivity index (χ0) is 12.2. The molecule has 0 saturated heterocycles. The number of methoxy groups -OCH3 is 1. The summed E-state index contributed by atoms with van der Waals surface area (Å²) < 4.78 is 55.3. The van der Waals surface area contributed by atoms with E-state index in [4.69, 9.17) is 0 Å². The third kappa shape index (κ3) is 3.22. The topological polar surface area (TPSA) is 55.4 Å². The van der Waals surface area contributed by atoms with Crippen molar-refractivity contribution in [3.8, 4) is 0 Å². The first-order chi connectivity index (χ1) is 7.47. The molecule has 0 saturated carbocycles. The average Bonchev–Trinajstić information content (AvgIpc) is 2.22. The number of hydrogen-bond acceptors (Lipinski definition) is 3. The third-order valence-corrected chi connectivity index (χ3v) is 3.26. The molecule has 1 aromatic rings. The second kappa shape index (κ2) is 5.33. The van der Waals surface area contributed by atoms with E-state index < -0.39 is 21.7 Å². The van der Waals surface area contributed by atoms with Crippen LogP contribution in [0.25, 0.3) is 0 Å². The lowest BCUT2D eigenvalue weighted by atomic mass is 10.3. The van der Waals surface area contributed by atoms with Crippen LogP contribution in [0.4, 0.5) is 8.78 Å². The van der Waals surface area contributed by atoms with Crippen molar-refractivity contribution in [2.75, 3.05) is 20.3 Å². The normalized spacial score (nSPS) is 11.7. The minimum absolute atomic E-state index is 0.0673. The number of nitrogens with one attached hydrogen (secondary N) is 1. The predicted octanol–water partition coefficient (Wildman–Crippen LogP) is 0.889. The summed E-state index contributed by atoms with van der Waals surface area (Å²) >= 11 is 0. The van der Waals surface area contributed by atoms with Crippen molar-refractivity contribution < 1.29 is 21.9 Å². The van der Waals surface area contributed by atoms with Gasteiger partial charge in [-0.15, -0.1) is 0 Å². The minimum atomic E-state index is -3.81. The van der Waals surface area contributed by atoms with Crippen LogP contribution in [0.1, 0.15) is 0 Å². The Morgan fingerprint density at radius 1 is 1.31 bits per heavy atom. The Kier molecular flexibility index (Phi) is 4.34. The van der Waals surface area contributed by atoms with Crippen LogP contribution >= 0.6 is 0 Å². The van der Waals surface area contributed by atoms with Gasteiger partial charge in [-0.25, -0.2) is 21.9 Å². The van der Waals surface area contributed by atoms with E-state index in [1.165, 1.54) is 7.11 Å². The maximum atomic E-state index is 12.8. The Morgan fingerprint density at radius 2 is 2.00 bits per heavy atom. The molecule has 16 heavy (non-hydrogen) atoms. The Bertz CT molecular complexity index is 462. The van der Waals surface area contributed by atoms with Gasteiger partial charge in [0.25, 0.3) is 0 Å². The molecule has 0 aliphatic heterocycles. The van der Waals surface area contributed by atoms with Crippen molar-refractivity contribution in [3.05, 3.63) is 29.8 Å². The number of rotatable bonds is 5.